The van der Waals surface area contributed by atoms with Gasteiger partial charge in [-0.15, -0.1) is 0 Å². The number of carbonyl (C=O) groups excluding carboxylic acids is 1. The quantitative estimate of drug-likeness (QED) is 0.536. The van der Waals surface area contributed by atoms with Crippen LogP contribution in [0.25, 0.3) is 0 Å². The van der Waals surface area contributed by atoms with Crippen LogP contribution in [0.5, 0.6) is 11.5 Å². The number of nitro groups is 1. The molecule has 0 saturated heterocycles. The van der Waals surface area contributed by atoms with Crippen LogP contribution >= 0.6 is 0 Å². The van der Waals surface area contributed by atoms with Crippen LogP contribution in [-0.4, -0.2) is 43.0 Å². The zero-order valence-corrected chi connectivity index (χ0v) is 15.6. The minimum atomic E-state index is -0.554. The number of ether oxygens (including phenoxy) is 2. The van der Waals surface area contributed by atoms with Gasteiger partial charge in [-0.1, -0.05) is 12.1 Å². The lowest BCUT2D eigenvalue weighted by Crippen LogP contribution is -2.30. The predicted molar refractivity (Wildman–Crippen MR) is 102 cm³/mol. The molecule has 0 bridgehead atoms. The van der Waals surface area contributed by atoms with Crippen LogP contribution in [0.15, 0.2) is 42.5 Å². The minimum absolute atomic E-state index is 0.0936. The summed E-state index contributed by atoms with van der Waals surface area (Å²) in [4.78, 5) is 24.7. The largest absolute Gasteiger partial charge is 0.496 e. The molecular weight excluding hydrogens is 350 g/mol. The average molecular weight is 373 g/mol. The van der Waals surface area contributed by atoms with E-state index in [-0.39, 0.29) is 23.8 Å². The van der Waals surface area contributed by atoms with E-state index >= 15 is 0 Å². The van der Waals surface area contributed by atoms with Crippen molar-refractivity contribution < 1.29 is 19.2 Å². The summed E-state index contributed by atoms with van der Waals surface area (Å²) in [5.41, 5.74) is 0.960. The summed E-state index contributed by atoms with van der Waals surface area (Å²) in [5.74, 6) is 0.817. The average Bonchev–Trinajstić information content (AvgIpc) is 2.63. The first-order chi connectivity index (χ1) is 12.9. The number of benzene rings is 2. The van der Waals surface area contributed by atoms with E-state index in [4.69, 9.17) is 9.47 Å². The Kier molecular flexibility index (Phi) is 7.13. The Balaban J connectivity index is 1.95. The van der Waals surface area contributed by atoms with Crippen molar-refractivity contribution in [2.45, 2.75) is 13.5 Å². The fraction of sp³-hybridized carbons (Fsp3) is 0.316. The van der Waals surface area contributed by atoms with Gasteiger partial charge in [0.1, 0.15) is 17.2 Å². The van der Waals surface area contributed by atoms with Crippen LogP contribution in [0, 0.1) is 10.1 Å². The van der Waals surface area contributed by atoms with Crippen LogP contribution in [0.1, 0.15) is 12.5 Å². The van der Waals surface area contributed by atoms with Gasteiger partial charge in [0.05, 0.1) is 31.3 Å². The molecule has 1 N–H and O–H groups in total. The van der Waals surface area contributed by atoms with Gasteiger partial charge in [-0.25, -0.2) is 0 Å². The third kappa shape index (κ3) is 5.96. The number of nitro benzene ring substituents is 1. The maximum Gasteiger partial charge on any atom is 0.296 e. The van der Waals surface area contributed by atoms with Crippen molar-refractivity contribution in [3.63, 3.8) is 0 Å². The van der Waals surface area contributed by atoms with Crippen LogP contribution in [0.2, 0.25) is 0 Å². The zero-order chi connectivity index (χ0) is 19.8. The van der Waals surface area contributed by atoms with Gasteiger partial charge in [0, 0.05) is 6.54 Å². The third-order valence-electron chi connectivity index (χ3n) is 3.78. The van der Waals surface area contributed by atoms with E-state index in [0.717, 1.165) is 11.3 Å². The molecule has 0 radical (unpaired) electrons. The summed E-state index contributed by atoms with van der Waals surface area (Å²) < 4.78 is 10.4. The first-order valence-electron chi connectivity index (χ1n) is 8.45. The molecular formula is C19H23N3O5. The second kappa shape index (κ2) is 9.54. The predicted octanol–water partition coefficient (Wildman–Crippen LogP) is 3.07. The van der Waals surface area contributed by atoms with Gasteiger partial charge in [-0.05, 0) is 43.8 Å². The molecule has 0 unspecified atom stereocenters. The molecule has 1 amide bonds. The van der Waals surface area contributed by atoms with Crippen LogP contribution in [0.3, 0.4) is 0 Å². The highest BCUT2D eigenvalue weighted by molar-refractivity contribution is 5.94. The van der Waals surface area contributed by atoms with Crippen molar-refractivity contribution >= 4 is 17.3 Å². The van der Waals surface area contributed by atoms with Crippen molar-refractivity contribution in [1.82, 2.24) is 4.90 Å². The lowest BCUT2D eigenvalue weighted by molar-refractivity contribution is -0.384. The number of nitrogens with zero attached hydrogens (tertiary/aromatic N) is 2. The second-order valence-electron chi connectivity index (χ2n) is 5.94. The Morgan fingerprint density at radius 1 is 1.19 bits per heavy atom. The van der Waals surface area contributed by atoms with Gasteiger partial charge in [0.15, 0.2) is 0 Å². The van der Waals surface area contributed by atoms with Crippen molar-refractivity contribution in [2.24, 2.45) is 0 Å². The Bertz CT molecular complexity index is 792. The van der Waals surface area contributed by atoms with Gasteiger partial charge >= 0.3 is 0 Å². The SMILES string of the molecule is CCOc1ccc(CN(C)CC(=O)Nc2ccc(OC)cc2[N+](=O)[O-])cc1. The molecule has 8 heteroatoms. The topological polar surface area (TPSA) is 93.9 Å². The molecule has 2 rings (SSSR count). The zero-order valence-electron chi connectivity index (χ0n) is 15.6. The first-order valence-corrected chi connectivity index (χ1v) is 8.45. The maximum atomic E-state index is 12.3. The van der Waals surface area contributed by atoms with E-state index < -0.39 is 4.92 Å². The molecule has 27 heavy (non-hydrogen) atoms. The molecule has 0 heterocycles. The molecule has 0 saturated carbocycles. The Labute approximate surface area is 157 Å². The van der Waals surface area contributed by atoms with Crippen LogP contribution < -0.4 is 14.8 Å². The lowest BCUT2D eigenvalue weighted by Gasteiger charge is -2.17. The first kappa shape index (κ1) is 20.2. The number of hydrogen-bond donors (Lipinski definition) is 1. The van der Waals surface area contributed by atoms with Gasteiger partial charge in [0.2, 0.25) is 5.91 Å². The molecule has 8 nitrogen and oxygen atoms in total. The molecule has 2 aromatic rings. The van der Waals surface area contributed by atoms with E-state index in [9.17, 15) is 14.9 Å². The third-order valence-corrected chi connectivity index (χ3v) is 3.78. The second-order valence-corrected chi connectivity index (χ2v) is 5.94. The number of carbonyl (C=O) groups is 1. The van der Waals surface area contributed by atoms with E-state index in [0.29, 0.717) is 18.9 Å². The van der Waals surface area contributed by atoms with Crippen molar-refractivity contribution in [1.29, 1.82) is 0 Å². The van der Waals surface area contributed by atoms with Crippen molar-refractivity contribution in [2.75, 3.05) is 32.6 Å². The van der Waals surface area contributed by atoms with Gasteiger partial charge in [-0.2, -0.15) is 0 Å². The number of rotatable bonds is 9. The number of methoxy groups -OCH3 is 1. The molecule has 0 atom stereocenters. The summed E-state index contributed by atoms with van der Waals surface area (Å²) in [6, 6.07) is 11.9. The lowest BCUT2D eigenvalue weighted by atomic mass is 10.2. The highest BCUT2D eigenvalue weighted by Gasteiger charge is 2.18. The summed E-state index contributed by atoms with van der Waals surface area (Å²) >= 11 is 0. The number of hydrogen-bond acceptors (Lipinski definition) is 6. The molecule has 0 aliphatic carbocycles. The summed E-state index contributed by atoms with van der Waals surface area (Å²) in [5, 5.41) is 13.8. The molecule has 2 aromatic carbocycles. The summed E-state index contributed by atoms with van der Waals surface area (Å²) in [7, 11) is 3.23. The van der Waals surface area contributed by atoms with E-state index in [2.05, 4.69) is 5.32 Å². The summed E-state index contributed by atoms with van der Waals surface area (Å²) in [6.07, 6.45) is 0. The molecule has 0 fully saturated rings. The van der Waals surface area contributed by atoms with Gasteiger partial charge < -0.3 is 14.8 Å². The molecule has 144 valence electrons. The molecule has 0 aromatic heterocycles. The maximum absolute atomic E-state index is 12.3. The van der Waals surface area contributed by atoms with Crippen molar-refractivity contribution in [3.8, 4) is 11.5 Å². The fourth-order valence-corrected chi connectivity index (χ4v) is 2.56. The smallest absolute Gasteiger partial charge is 0.296 e. The van der Waals surface area contributed by atoms with Crippen LogP contribution in [0.4, 0.5) is 11.4 Å². The number of likely N-dealkylation sites (N-methyl/N-ethyl adjacent to an activating group) is 1. The monoisotopic (exact) mass is 373 g/mol. The van der Waals surface area contributed by atoms with Gasteiger partial charge in [-0.3, -0.25) is 19.8 Å². The Morgan fingerprint density at radius 2 is 1.85 bits per heavy atom. The van der Waals surface area contributed by atoms with E-state index in [1.807, 2.05) is 36.1 Å². The normalized spacial score (nSPS) is 10.5. The van der Waals surface area contributed by atoms with E-state index in [1.165, 1.54) is 19.2 Å². The number of anilines is 1. The van der Waals surface area contributed by atoms with Gasteiger partial charge in [0.25, 0.3) is 5.69 Å². The molecule has 0 aliphatic heterocycles. The Hall–Kier alpha value is -3.13. The highest BCUT2D eigenvalue weighted by Crippen LogP contribution is 2.28. The fourth-order valence-electron chi connectivity index (χ4n) is 2.56. The number of nitrogens with one attached hydrogen (secondary N) is 1. The standard InChI is InChI=1S/C19H23N3O5/c1-4-27-15-7-5-14(6-8-15)12-21(2)13-19(23)20-17-10-9-16(26-3)11-18(17)22(24)25/h5-11H,4,12-13H2,1-3H3,(H,20,23). The molecule has 0 aliphatic rings. The number of amides is 1. The Morgan fingerprint density at radius 3 is 2.44 bits per heavy atom. The highest BCUT2D eigenvalue weighted by atomic mass is 16.6. The van der Waals surface area contributed by atoms with E-state index in [1.54, 1.807) is 13.1 Å². The minimum Gasteiger partial charge on any atom is -0.496 e. The summed E-state index contributed by atoms with van der Waals surface area (Å²) in [6.45, 7) is 3.19. The van der Waals surface area contributed by atoms with Crippen LogP contribution in [-0.2, 0) is 11.3 Å². The molecule has 0 spiro atoms. The van der Waals surface area contributed by atoms with Crippen molar-refractivity contribution in [3.05, 3.63) is 58.1 Å².